The molecule has 3 N–H and O–H groups in total. The Morgan fingerprint density at radius 1 is 1.06 bits per heavy atom. The number of nitrogens with two attached hydrogens (primary N) is 1. The van der Waals surface area contributed by atoms with Crippen LogP contribution in [0.4, 0.5) is 19.0 Å². The van der Waals surface area contributed by atoms with Gasteiger partial charge in [-0.25, -0.2) is 4.98 Å². The zero-order valence-electron chi connectivity index (χ0n) is 17.6. The topological polar surface area (TPSA) is 80.5 Å². The lowest BCUT2D eigenvalue weighted by Gasteiger charge is -2.13. The number of aromatic nitrogens is 1. The summed E-state index contributed by atoms with van der Waals surface area (Å²) < 4.78 is 41.7. The van der Waals surface area contributed by atoms with Crippen LogP contribution in [0.15, 0.2) is 60.8 Å². The predicted molar refractivity (Wildman–Crippen MR) is 117 cm³/mol. The van der Waals surface area contributed by atoms with Crippen LogP contribution in [0.25, 0.3) is 22.3 Å². The van der Waals surface area contributed by atoms with Gasteiger partial charge in [0.05, 0.1) is 0 Å². The molecule has 0 atom stereocenters. The van der Waals surface area contributed by atoms with Crippen LogP contribution in [-0.2, 0) is 0 Å². The van der Waals surface area contributed by atoms with Gasteiger partial charge in [0.1, 0.15) is 11.6 Å². The molecule has 0 aliphatic carbocycles. The van der Waals surface area contributed by atoms with E-state index in [1.165, 1.54) is 18.2 Å². The van der Waals surface area contributed by atoms with Gasteiger partial charge in [-0.3, -0.25) is 4.79 Å². The molecule has 0 saturated heterocycles. The third-order valence-corrected chi connectivity index (χ3v) is 4.60. The highest BCUT2D eigenvalue weighted by molar-refractivity contribution is 5.95. The second kappa shape index (κ2) is 9.69. The lowest BCUT2D eigenvalue weighted by molar-refractivity contribution is -0.274. The molecule has 0 aliphatic heterocycles. The highest BCUT2D eigenvalue weighted by Gasteiger charge is 2.31. The normalized spacial score (nSPS) is 11.4. The van der Waals surface area contributed by atoms with Gasteiger partial charge in [-0.2, -0.15) is 0 Å². The maximum Gasteiger partial charge on any atom is 0.573 e. The van der Waals surface area contributed by atoms with Crippen LogP contribution in [0.1, 0.15) is 10.4 Å². The van der Waals surface area contributed by atoms with Gasteiger partial charge in [-0.05, 0) is 55.6 Å². The first kappa shape index (κ1) is 23.1. The average molecular weight is 444 g/mol. The Bertz CT molecular complexity index is 1100. The summed E-state index contributed by atoms with van der Waals surface area (Å²) >= 11 is 0. The SMILES string of the molecule is CN(C)CCNC(=O)c1cccc(-c2cnc(N)c(-c3cccc(OC(F)(F)F)c3)c2)c1. The third kappa shape index (κ3) is 6.21. The summed E-state index contributed by atoms with van der Waals surface area (Å²) in [6.45, 7) is 1.23. The summed E-state index contributed by atoms with van der Waals surface area (Å²) in [4.78, 5) is 18.6. The Morgan fingerprint density at radius 2 is 1.78 bits per heavy atom. The van der Waals surface area contributed by atoms with Crippen LogP contribution in [0.3, 0.4) is 0 Å². The molecule has 3 aromatic rings. The minimum atomic E-state index is -4.79. The number of amides is 1. The number of pyridine rings is 1. The van der Waals surface area contributed by atoms with Crippen LogP contribution in [0, 0.1) is 0 Å². The summed E-state index contributed by atoms with van der Waals surface area (Å²) in [6, 6.07) is 14.3. The predicted octanol–water partition coefficient (Wildman–Crippen LogP) is 4.19. The molecule has 1 heterocycles. The van der Waals surface area contributed by atoms with E-state index in [4.69, 9.17) is 5.73 Å². The van der Waals surface area contributed by atoms with Gasteiger partial charge in [0.25, 0.3) is 5.91 Å². The van der Waals surface area contributed by atoms with E-state index < -0.39 is 6.36 Å². The lowest BCUT2D eigenvalue weighted by Crippen LogP contribution is -2.31. The number of rotatable bonds is 7. The summed E-state index contributed by atoms with van der Waals surface area (Å²) in [5.74, 6) is -0.388. The monoisotopic (exact) mass is 444 g/mol. The Balaban J connectivity index is 1.88. The number of nitrogens with zero attached hydrogens (tertiary/aromatic N) is 2. The highest BCUT2D eigenvalue weighted by atomic mass is 19.4. The van der Waals surface area contributed by atoms with Gasteiger partial charge in [0.2, 0.25) is 0 Å². The van der Waals surface area contributed by atoms with Crippen molar-refractivity contribution in [1.82, 2.24) is 15.2 Å². The van der Waals surface area contributed by atoms with Crippen LogP contribution in [0.5, 0.6) is 5.75 Å². The number of anilines is 1. The fourth-order valence-electron chi connectivity index (χ4n) is 3.06. The molecule has 1 aromatic heterocycles. The van der Waals surface area contributed by atoms with Crippen molar-refractivity contribution in [3.05, 3.63) is 66.4 Å². The molecular weight excluding hydrogens is 421 g/mol. The maximum absolute atomic E-state index is 12.6. The molecule has 3 rings (SSSR count). The Hall–Kier alpha value is -3.59. The van der Waals surface area contributed by atoms with Crippen molar-refractivity contribution >= 4 is 11.7 Å². The quantitative estimate of drug-likeness (QED) is 0.571. The maximum atomic E-state index is 12.6. The molecule has 0 saturated carbocycles. The van der Waals surface area contributed by atoms with Gasteiger partial charge < -0.3 is 20.7 Å². The largest absolute Gasteiger partial charge is 0.573 e. The molecule has 32 heavy (non-hydrogen) atoms. The van der Waals surface area contributed by atoms with E-state index in [1.54, 1.807) is 36.5 Å². The smallest absolute Gasteiger partial charge is 0.406 e. The number of likely N-dealkylation sites (N-methyl/N-ethyl adjacent to an activating group) is 1. The number of benzene rings is 2. The van der Waals surface area contributed by atoms with Crippen molar-refractivity contribution in [1.29, 1.82) is 0 Å². The number of halogens is 3. The van der Waals surface area contributed by atoms with E-state index in [9.17, 15) is 18.0 Å². The van der Waals surface area contributed by atoms with Gasteiger partial charge in [0.15, 0.2) is 0 Å². The summed E-state index contributed by atoms with van der Waals surface area (Å²) in [6.07, 6.45) is -3.24. The van der Waals surface area contributed by atoms with Crippen molar-refractivity contribution < 1.29 is 22.7 Å². The lowest BCUT2D eigenvalue weighted by atomic mass is 9.99. The summed E-state index contributed by atoms with van der Waals surface area (Å²) in [5.41, 5.74) is 8.75. The third-order valence-electron chi connectivity index (χ3n) is 4.60. The summed E-state index contributed by atoms with van der Waals surface area (Å²) in [7, 11) is 3.84. The minimum absolute atomic E-state index is 0.162. The first-order valence-electron chi connectivity index (χ1n) is 9.77. The van der Waals surface area contributed by atoms with Gasteiger partial charge in [-0.15, -0.1) is 13.2 Å². The van der Waals surface area contributed by atoms with Gasteiger partial charge in [-0.1, -0.05) is 24.3 Å². The number of carbonyl (C=O) groups excluding carboxylic acids is 1. The average Bonchev–Trinajstić information content (AvgIpc) is 2.73. The number of carbonyl (C=O) groups is 1. The Labute approximate surface area is 183 Å². The number of ether oxygens (including phenoxy) is 1. The van der Waals surface area contributed by atoms with E-state index in [2.05, 4.69) is 15.0 Å². The molecule has 0 bridgehead atoms. The standard InChI is InChI=1S/C23H23F3N4O2/c1-30(2)10-9-28-22(31)17-7-3-5-15(11-17)18-13-20(21(27)29-14-18)16-6-4-8-19(12-16)32-23(24,25)26/h3-8,11-14H,9-10H2,1-2H3,(H2,27,29)(H,28,31). The van der Waals surface area contributed by atoms with Gasteiger partial charge >= 0.3 is 6.36 Å². The van der Waals surface area contributed by atoms with Crippen molar-refractivity contribution in [2.45, 2.75) is 6.36 Å². The van der Waals surface area contributed by atoms with Crippen molar-refractivity contribution in [3.63, 3.8) is 0 Å². The van der Waals surface area contributed by atoms with Crippen LogP contribution < -0.4 is 15.8 Å². The van der Waals surface area contributed by atoms with E-state index in [1.807, 2.05) is 25.1 Å². The zero-order chi connectivity index (χ0) is 23.3. The van der Waals surface area contributed by atoms with Crippen LogP contribution >= 0.6 is 0 Å². The van der Waals surface area contributed by atoms with Gasteiger partial charge in [0, 0.05) is 36.0 Å². The molecular formula is C23H23F3N4O2. The Kier molecular flexibility index (Phi) is 6.99. The van der Waals surface area contributed by atoms with E-state index in [-0.39, 0.29) is 17.5 Å². The van der Waals surface area contributed by atoms with E-state index >= 15 is 0 Å². The highest BCUT2D eigenvalue weighted by Crippen LogP contribution is 2.33. The number of hydrogen-bond acceptors (Lipinski definition) is 5. The molecule has 168 valence electrons. The Morgan fingerprint density at radius 3 is 2.50 bits per heavy atom. The second-order valence-corrected chi connectivity index (χ2v) is 7.37. The molecule has 1 amide bonds. The van der Waals surface area contributed by atoms with Crippen LogP contribution in [-0.4, -0.2) is 49.3 Å². The van der Waals surface area contributed by atoms with Crippen LogP contribution in [0.2, 0.25) is 0 Å². The minimum Gasteiger partial charge on any atom is -0.406 e. The number of alkyl halides is 3. The zero-order valence-corrected chi connectivity index (χ0v) is 17.6. The molecule has 0 aliphatic rings. The number of nitrogens with one attached hydrogen (secondary N) is 1. The fraction of sp³-hybridized carbons (Fsp3) is 0.217. The first-order chi connectivity index (χ1) is 15.1. The van der Waals surface area contributed by atoms with Crippen molar-refractivity contribution in [2.75, 3.05) is 32.9 Å². The van der Waals surface area contributed by atoms with E-state index in [0.717, 1.165) is 5.56 Å². The number of hydrogen-bond donors (Lipinski definition) is 2. The molecule has 9 heteroatoms. The first-order valence-corrected chi connectivity index (χ1v) is 9.77. The molecule has 0 unspecified atom stereocenters. The molecule has 0 spiro atoms. The number of nitrogen functional groups attached to an aromatic ring is 1. The molecule has 0 radical (unpaired) electrons. The summed E-state index contributed by atoms with van der Waals surface area (Å²) in [5, 5.41) is 2.86. The second-order valence-electron chi connectivity index (χ2n) is 7.37. The molecule has 2 aromatic carbocycles. The van der Waals surface area contributed by atoms with E-state index in [0.29, 0.717) is 35.3 Å². The van der Waals surface area contributed by atoms with Crippen molar-refractivity contribution in [2.24, 2.45) is 0 Å². The molecule has 0 fully saturated rings. The molecule has 6 nitrogen and oxygen atoms in total. The van der Waals surface area contributed by atoms with Crippen molar-refractivity contribution in [3.8, 4) is 28.0 Å². The fourth-order valence-corrected chi connectivity index (χ4v) is 3.06.